The lowest BCUT2D eigenvalue weighted by molar-refractivity contribution is -0.153. The Kier molecular flexibility index (Phi) is 8.66. The number of anilines is 1. The number of thioether (sulfide) groups is 1. The van der Waals surface area contributed by atoms with Crippen molar-refractivity contribution in [3.8, 4) is 5.75 Å². The minimum Gasteiger partial charge on any atom is -0.484 e. The second-order valence-electron chi connectivity index (χ2n) is 7.97. The molecule has 5 nitrogen and oxygen atoms in total. The molecular formula is C24H27F3N2O3S. The van der Waals surface area contributed by atoms with Gasteiger partial charge in [0.1, 0.15) is 5.75 Å². The molecule has 2 amide bonds. The molecule has 1 fully saturated rings. The second kappa shape index (κ2) is 11.4. The fourth-order valence-electron chi connectivity index (χ4n) is 3.72. The molecule has 0 aromatic heterocycles. The van der Waals surface area contributed by atoms with E-state index < -0.39 is 18.7 Å². The van der Waals surface area contributed by atoms with Crippen LogP contribution in [0.2, 0.25) is 0 Å². The Hall–Kier alpha value is -2.68. The average Bonchev–Trinajstić information content (AvgIpc) is 2.81. The minimum absolute atomic E-state index is 0.00383. The van der Waals surface area contributed by atoms with Crippen LogP contribution in [0.5, 0.6) is 5.75 Å². The average molecular weight is 481 g/mol. The molecule has 1 saturated carbocycles. The molecule has 3 rings (SSSR count). The zero-order chi connectivity index (χ0) is 23.8. The highest BCUT2D eigenvalue weighted by Crippen LogP contribution is 2.27. The van der Waals surface area contributed by atoms with Crippen molar-refractivity contribution in [2.45, 2.75) is 49.2 Å². The van der Waals surface area contributed by atoms with Crippen LogP contribution in [0.15, 0.2) is 53.4 Å². The van der Waals surface area contributed by atoms with Gasteiger partial charge in [0.15, 0.2) is 6.61 Å². The van der Waals surface area contributed by atoms with Crippen molar-refractivity contribution >= 4 is 29.3 Å². The van der Waals surface area contributed by atoms with Gasteiger partial charge in [0.2, 0.25) is 5.91 Å². The Labute approximate surface area is 195 Å². The number of carbonyl (C=O) groups excluding carboxylic acids is 2. The molecule has 0 radical (unpaired) electrons. The highest BCUT2D eigenvalue weighted by Gasteiger charge is 2.28. The van der Waals surface area contributed by atoms with Gasteiger partial charge in [-0.25, -0.2) is 0 Å². The number of nitrogens with zero attached hydrogens (tertiary/aromatic N) is 1. The van der Waals surface area contributed by atoms with Gasteiger partial charge in [0.05, 0.1) is 11.3 Å². The van der Waals surface area contributed by atoms with E-state index in [4.69, 9.17) is 4.74 Å². The number of hydrogen-bond acceptors (Lipinski definition) is 4. The molecular weight excluding hydrogens is 453 g/mol. The van der Waals surface area contributed by atoms with Gasteiger partial charge in [-0.15, -0.1) is 11.8 Å². The zero-order valence-electron chi connectivity index (χ0n) is 18.4. The molecule has 0 saturated heterocycles. The summed E-state index contributed by atoms with van der Waals surface area (Å²) < 4.78 is 41.9. The summed E-state index contributed by atoms with van der Waals surface area (Å²) in [5, 5.41) is 2.69. The molecule has 1 aliphatic carbocycles. The molecule has 1 aliphatic rings. The van der Waals surface area contributed by atoms with Crippen LogP contribution in [-0.4, -0.2) is 48.3 Å². The van der Waals surface area contributed by atoms with Crippen LogP contribution in [0.3, 0.4) is 0 Å². The number of ether oxygens (including phenoxy) is 1. The van der Waals surface area contributed by atoms with E-state index in [9.17, 15) is 22.8 Å². The first-order chi connectivity index (χ1) is 15.7. The highest BCUT2D eigenvalue weighted by atomic mass is 32.2. The third kappa shape index (κ3) is 7.70. The van der Waals surface area contributed by atoms with E-state index in [0.717, 1.165) is 25.7 Å². The van der Waals surface area contributed by atoms with E-state index in [2.05, 4.69) is 5.32 Å². The fourth-order valence-corrected chi connectivity index (χ4v) is 4.69. The third-order valence-electron chi connectivity index (χ3n) is 5.49. The van der Waals surface area contributed by atoms with Gasteiger partial charge in [-0.3, -0.25) is 9.59 Å². The lowest BCUT2D eigenvalue weighted by Crippen LogP contribution is -2.39. The summed E-state index contributed by atoms with van der Waals surface area (Å²) in [6.07, 6.45) is 1.10. The largest absolute Gasteiger partial charge is 0.484 e. The summed E-state index contributed by atoms with van der Waals surface area (Å²) in [5.74, 6) is -0.169. The summed E-state index contributed by atoms with van der Waals surface area (Å²) in [6, 6.07) is 13.0. The number of rotatable bonds is 8. The molecule has 0 aliphatic heterocycles. The van der Waals surface area contributed by atoms with Crippen LogP contribution in [-0.2, 0) is 4.79 Å². The Morgan fingerprint density at radius 1 is 1.09 bits per heavy atom. The third-order valence-corrected chi connectivity index (χ3v) is 6.55. The summed E-state index contributed by atoms with van der Waals surface area (Å²) >= 11 is 1.30. The van der Waals surface area contributed by atoms with E-state index >= 15 is 0 Å². The highest BCUT2D eigenvalue weighted by molar-refractivity contribution is 8.00. The number of halogens is 3. The minimum atomic E-state index is -4.45. The van der Waals surface area contributed by atoms with Crippen molar-refractivity contribution in [1.29, 1.82) is 0 Å². The Morgan fingerprint density at radius 2 is 1.82 bits per heavy atom. The maximum Gasteiger partial charge on any atom is 0.422 e. The molecule has 0 unspecified atom stereocenters. The van der Waals surface area contributed by atoms with E-state index in [-0.39, 0.29) is 23.5 Å². The normalized spacial score (nSPS) is 14.5. The molecule has 0 spiro atoms. The Bertz CT molecular complexity index is 962. The molecule has 178 valence electrons. The van der Waals surface area contributed by atoms with E-state index in [1.807, 2.05) is 11.9 Å². The number of alkyl halides is 3. The van der Waals surface area contributed by atoms with Gasteiger partial charge in [-0.05, 0) is 37.1 Å². The predicted molar refractivity (Wildman–Crippen MR) is 123 cm³/mol. The molecule has 0 bridgehead atoms. The van der Waals surface area contributed by atoms with Gasteiger partial charge in [-0.2, -0.15) is 13.2 Å². The van der Waals surface area contributed by atoms with Crippen molar-refractivity contribution in [2.24, 2.45) is 0 Å². The van der Waals surface area contributed by atoms with Crippen LogP contribution in [0.25, 0.3) is 0 Å². The van der Waals surface area contributed by atoms with Crippen molar-refractivity contribution in [2.75, 3.05) is 24.7 Å². The lowest BCUT2D eigenvalue weighted by atomic mass is 9.94. The van der Waals surface area contributed by atoms with E-state index in [1.54, 1.807) is 30.3 Å². The van der Waals surface area contributed by atoms with Crippen LogP contribution in [0, 0.1) is 0 Å². The summed E-state index contributed by atoms with van der Waals surface area (Å²) in [4.78, 5) is 28.0. The molecule has 1 N–H and O–H groups in total. The zero-order valence-corrected chi connectivity index (χ0v) is 19.2. The summed E-state index contributed by atoms with van der Waals surface area (Å²) in [6.45, 7) is -1.41. The van der Waals surface area contributed by atoms with Crippen molar-refractivity contribution in [3.05, 3.63) is 54.1 Å². The van der Waals surface area contributed by atoms with Crippen LogP contribution < -0.4 is 10.1 Å². The SMILES string of the molecule is CN(C(=O)CSc1ccccc1C(=O)Nc1cccc(OCC(F)(F)F)c1)C1CCCCC1. The molecule has 2 aromatic carbocycles. The van der Waals surface area contributed by atoms with Crippen LogP contribution in [0.4, 0.5) is 18.9 Å². The molecule has 2 aromatic rings. The van der Waals surface area contributed by atoms with Gasteiger partial charge in [-0.1, -0.05) is 37.5 Å². The maximum absolute atomic E-state index is 12.8. The first kappa shape index (κ1) is 25.0. The number of amides is 2. The quantitative estimate of drug-likeness (QED) is 0.488. The van der Waals surface area contributed by atoms with Gasteiger partial charge >= 0.3 is 6.18 Å². The molecule has 0 heterocycles. The van der Waals surface area contributed by atoms with Gasteiger partial charge < -0.3 is 15.0 Å². The number of hydrogen-bond donors (Lipinski definition) is 1. The van der Waals surface area contributed by atoms with E-state index in [1.165, 1.54) is 36.4 Å². The molecule has 33 heavy (non-hydrogen) atoms. The van der Waals surface area contributed by atoms with Crippen molar-refractivity contribution < 1.29 is 27.5 Å². The first-order valence-corrected chi connectivity index (χ1v) is 11.8. The van der Waals surface area contributed by atoms with Crippen LogP contribution >= 0.6 is 11.8 Å². The Balaban J connectivity index is 1.61. The van der Waals surface area contributed by atoms with Gasteiger partial charge in [0, 0.05) is 29.7 Å². The predicted octanol–water partition coefficient (Wildman–Crippen LogP) is 5.76. The van der Waals surface area contributed by atoms with Crippen molar-refractivity contribution in [1.82, 2.24) is 4.90 Å². The van der Waals surface area contributed by atoms with Crippen LogP contribution in [0.1, 0.15) is 42.5 Å². The fraction of sp³-hybridized carbons (Fsp3) is 0.417. The number of nitrogens with one attached hydrogen (secondary N) is 1. The number of benzene rings is 2. The summed E-state index contributed by atoms with van der Waals surface area (Å²) in [5.41, 5.74) is 0.699. The standard InChI is InChI=1S/C24H27F3N2O3S/c1-29(18-9-3-2-4-10-18)22(30)15-33-21-13-6-5-12-20(21)23(31)28-17-8-7-11-19(14-17)32-16-24(25,26)27/h5-8,11-14,18H,2-4,9-10,15-16H2,1H3,(H,28,31). The molecule has 9 heteroatoms. The maximum atomic E-state index is 12.8. The monoisotopic (exact) mass is 480 g/mol. The second-order valence-corrected chi connectivity index (χ2v) is 8.98. The Morgan fingerprint density at radius 3 is 2.55 bits per heavy atom. The topological polar surface area (TPSA) is 58.6 Å². The summed E-state index contributed by atoms with van der Waals surface area (Å²) in [7, 11) is 1.84. The first-order valence-electron chi connectivity index (χ1n) is 10.8. The van der Waals surface area contributed by atoms with Gasteiger partial charge in [0.25, 0.3) is 5.91 Å². The molecule has 0 atom stereocenters. The lowest BCUT2D eigenvalue weighted by Gasteiger charge is -2.31. The van der Waals surface area contributed by atoms with E-state index in [0.29, 0.717) is 16.1 Å². The van der Waals surface area contributed by atoms with Crippen molar-refractivity contribution in [3.63, 3.8) is 0 Å². The number of carbonyl (C=O) groups is 2. The smallest absolute Gasteiger partial charge is 0.422 e.